The molecular weight excluding hydrogens is 262 g/mol. The molecule has 1 aromatic rings. The molecule has 1 spiro atoms. The Balaban J connectivity index is 1.74. The molecule has 2 saturated heterocycles. The Morgan fingerprint density at radius 2 is 1.81 bits per heavy atom. The van der Waals surface area contributed by atoms with Gasteiger partial charge in [0.05, 0.1) is 12.8 Å². The van der Waals surface area contributed by atoms with E-state index < -0.39 is 0 Å². The number of nitrogens with zero attached hydrogens (tertiary/aromatic N) is 1. The Hall–Kier alpha value is -1.42. The minimum absolute atomic E-state index is 0.591. The van der Waals surface area contributed by atoms with Crippen LogP contribution in [0, 0.1) is 12.3 Å². The van der Waals surface area contributed by atoms with Crippen molar-refractivity contribution >= 4 is 11.4 Å². The monoisotopic (exact) mass is 289 g/mol. The van der Waals surface area contributed by atoms with Crippen molar-refractivity contribution in [2.45, 2.75) is 32.6 Å². The maximum absolute atomic E-state index is 5.99. The van der Waals surface area contributed by atoms with Crippen LogP contribution in [0.4, 0.5) is 11.4 Å². The first-order valence-corrected chi connectivity index (χ1v) is 8.03. The molecule has 0 aromatic heterocycles. The summed E-state index contributed by atoms with van der Waals surface area (Å²) in [5.74, 6) is 0.790. The summed E-state index contributed by atoms with van der Waals surface area (Å²) in [4.78, 5) is 2.50. The molecular formula is C17H27N3O. The standard InChI is InChI=1S/C17H27N3O/c1-13-11-14(18)16(21-2)12-15(13)20-9-5-17(6-10-20)3-7-19-8-4-17/h11-12,19H,3-10,18H2,1-2H3. The lowest BCUT2D eigenvalue weighted by atomic mass is 9.71. The molecule has 116 valence electrons. The second-order valence-corrected chi connectivity index (χ2v) is 6.62. The third-order valence-corrected chi connectivity index (χ3v) is 5.38. The molecule has 2 aliphatic rings. The van der Waals surface area contributed by atoms with E-state index in [1.165, 1.54) is 50.0 Å². The third kappa shape index (κ3) is 2.82. The summed E-state index contributed by atoms with van der Waals surface area (Å²) in [6.07, 6.45) is 5.29. The predicted octanol–water partition coefficient (Wildman–Crippen LogP) is 2.56. The van der Waals surface area contributed by atoms with Crippen molar-refractivity contribution in [3.8, 4) is 5.75 Å². The van der Waals surface area contributed by atoms with Crippen LogP contribution in [0.15, 0.2) is 12.1 Å². The van der Waals surface area contributed by atoms with Gasteiger partial charge in [-0.2, -0.15) is 0 Å². The zero-order chi connectivity index (χ0) is 14.9. The molecule has 2 fully saturated rings. The second-order valence-electron chi connectivity index (χ2n) is 6.62. The van der Waals surface area contributed by atoms with E-state index in [1.54, 1.807) is 7.11 Å². The predicted molar refractivity (Wildman–Crippen MR) is 88.1 cm³/mol. The van der Waals surface area contributed by atoms with E-state index in [9.17, 15) is 0 Å². The number of methoxy groups -OCH3 is 1. The Bertz CT molecular complexity index is 499. The van der Waals surface area contributed by atoms with Gasteiger partial charge >= 0.3 is 0 Å². The lowest BCUT2D eigenvalue weighted by Crippen LogP contribution is -2.45. The van der Waals surface area contributed by atoms with Crippen LogP contribution in [-0.4, -0.2) is 33.3 Å². The highest BCUT2D eigenvalue weighted by atomic mass is 16.5. The average molecular weight is 289 g/mol. The summed E-state index contributed by atoms with van der Waals surface area (Å²) >= 11 is 0. The number of nitrogens with one attached hydrogen (secondary N) is 1. The summed E-state index contributed by atoms with van der Waals surface area (Å²) < 4.78 is 5.38. The van der Waals surface area contributed by atoms with Gasteiger partial charge in [-0.3, -0.25) is 0 Å². The lowest BCUT2D eigenvalue weighted by Gasteiger charge is -2.45. The van der Waals surface area contributed by atoms with Crippen molar-refractivity contribution in [3.63, 3.8) is 0 Å². The van der Waals surface area contributed by atoms with Gasteiger partial charge in [0, 0.05) is 24.8 Å². The van der Waals surface area contributed by atoms with Gasteiger partial charge < -0.3 is 20.7 Å². The zero-order valence-corrected chi connectivity index (χ0v) is 13.2. The Kier molecular flexibility index (Phi) is 3.98. The fourth-order valence-electron chi connectivity index (χ4n) is 3.90. The quantitative estimate of drug-likeness (QED) is 0.822. The molecule has 0 radical (unpaired) electrons. The minimum Gasteiger partial charge on any atom is -0.495 e. The topological polar surface area (TPSA) is 50.5 Å². The van der Waals surface area contributed by atoms with E-state index in [0.29, 0.717) is 5.41 Å². The normalized spacial score (nSPS) is 21.5. The van der Waals surface area contributed by atoms with Crippen molar-refractivity contribution in [1.29, 1.82) is 0 Å². The first kappa shape index (κ1) is 14.5. The van der Waals surface area contributed by atoms with Gasteiger partial charge in [0.15, 0.2) is 0 Å². The molecule has 0 unspecified atom stereocenters. The fourth-order valence-corrected chi connectivity index (χ4v) is 3.90. The van der Waals surface area contributed by atoms with Gasteiger partial charge in [0.25, 0.3) is 0 Å². The van der Waals surface area contributed by atoms with Gasteiger partial charge in [-0.15, -0.1) is 0 Å². The van der Waals surface area contributed by atoms with Gasteiger partial charge in [-0.25, -0.2) is 0 Å². The molecule has 0 atom stereocenters. The highest BCUT2D eigenvalue weighted by molar-refractivity contribution is 5.66. The number of nitrogens with two attached hydrogens (primary N) is 1. The van der Waals surface area contributed by atoms with Crippen molar-refractivity contribution in [1.82, 2.24) is 5.32 Å². The third-order valence-electron chi connectivity index (χ3n) is 5.38. The summed E-state index contributed by atoms with van der Waals surface area (Å²) in [7, 11) is 1.69. The van der Waals surface area contributed by atoms with Crippen LogP contribution in [0.2, 0.25) is 0 Å². The molecule has 1 aromatic carbocycles. The van der Waals surface area contributed by atoms with Crippen molar-refractivity contribution in [2.75, 3.05) is 43.9 Å². The second kappa shape index (κ2) is 5.76. The van der Waals surface area contributed by atoms with Gasteiger partial charge in [0.2, 0.25) is 0 Å². The molecule has 3 rings (SSSR count). The van der Waals surface area contributed by atoms with E-state index >= 15 is 0 Å². The fraction of sp³-hybridized carbons (Fsp3) is 0.647. The molecule has 0 bridgehead atoms. The number of ether oxygens (including phenoxy) is 1. The number of hydrogen-bond donors (Lipinski definition) is 2. The van der Waals surface area contributed by atoms with Crippen LogP contribution in [0.25, 0.3) is 0 Å². The molecule has 0 saturated carbocycles. The molecule has 3 N–H and O–H groups in total. The minimum atomic E-state index is 0.591. The number of nitrogen functional groups attached to an aromatic ring is 1. The van der Waals surface area contributed by atoms with Crippen molar-refractivity contribution in [2.24, 2.45) is 5.41 Å². The Morgan fingerprint density at radius 1 is 1.14 bits per heavy atom. The van der Waals surface area contributed by atoms with Crippen LogP contribution < -0.4 is 20.7 Å². The number of piperidine rings is 2. The molecule has 0 amide bonds. The Labute approximate surface area is 127 Å². The molecule has 21 heavy (non-hydrogen) atoms. The molecule has 2 heterocycles. The number of benzene rings is 1. The number of anilines is 2. The lowest BCUT2D eigenvalue weighted by molar-refractivity contribution is 0.155. The maximum Gasteiger partial charge on any atom is 0.143 e. The van der Waals surface area contributed by atoms with Crippen LogP contribution in [0.3, 0.4) is 0 Å². The molecule has 2 aliphatic heterocycles. The van der Waals surface area contributed by atoms with Crippen molar-refractivity contribution in [3.05, 3.63) is 17.7 Å². The summed E-state index contributed by atoms with van der Waals surface area (Å²) in [6, 6.07) is 4.13. The van der Waals surface area contributed by atoms with Gasteiger partial charge in [0.1, 0.15) is 5.75 Å². The van der Waals surface area contributed by atoms with Gasteiger partial charge in [-0.1, -0.05) is 0 Å². The number of aryl methyl sites for hydroxylation is 1. The van der Waals surface area contributed by atoms with E-state index in [1.807, 2.05) is 6.07 Å². The number of rotatable bonds is 2. The van der Waals surface area contributed by atoms with Crippen LogP contribution in [-0.2, 0) is 0 Å². The summed E-state index contributed by atoms with van der Waals surface area (Å²) in [5.41, 5.74) is 9.84. The largest absolute Gasteiger partial charge is 0.495 e. The van der Waals surface area contributed by atoms with Crippen LogP contribution in [0.5, 0.6) is 5.75 Å². The first-order chi connectivity index (χ1) is 10.1. The number of hydrogen-bond acceptors (Lipinski definition) is 4. The summed E-state index contributed by atoms with van der Waals surface area (Å²) in [6.45, 7) is 6.81. The summed E-state index contributed by atoms with van der Waals surface area (Å²) in [5, 5.41) is 3.49. The highest BCUT2D eigenvalue weighted by Gasteiger charge is 2.35. The van der Waals surface area contributed by atoms with E-state index in [2.05, 4.69) is 23.2 Å². The average Bonchev–Trinajstić information content (AvgIpc) is 2.50. The van der Waals surface area contributed by atoms with Gasteiger partial charge in [-0.05, 0) is 62.7 Å². The van der Waals surface area contributed by atoms with E-state index in [0.717, 1.165) is 24.5 Å². The van der Waals surface area contributed by atoms with E-state index in [-0.39, 0.29) is 0 Å². The van der Waals surface area contributed by atoms with Crippen LogP contribution in [0.1, 0.15) is 31.2 Å². The molecule has 4 nitrogen and oxygen atoms in total. The highest BCUT2D eigenvalue weighted by Crippen LogP contribution is 2.42. The van der Waals surface area contributed by atoms with E-state index in [4.69, 9.17) is 10.5 Å². The molecule has 0 aliphatic carbocycles. The first-order valence-electron chi connectivity index (χ1n) is 8.03. The van der Waals surface area contributed by atoms with Crippen LogP contribution >= 0.6 is 0 Å². The maximum atomic E-state index is 5.99. The van der Waals surface area contributed by atoms with Crippen molar-refractivity contribution < 1.29 is 4.74 Å². The SMILES string of the molecule is COc1cc(N2CCC3(CCNCC3)CC2)c(C)cc1N. The zero-order valence-electron chi connectivity index (χ0n) is 13.2. The smallest absolute Gasteiger partial charge is 0.143 e. The molecule has 4 heteroatoms. The Morgan fingerprint density at radius 3 is 2.43 bits per heavy atom.